The molecule has 0 fully saturated rings. The van der Waals surface area contributed by atoms with Gasteiger partial charge in [0.15, 0.2) is 11.9 Å². The molecule has 30 heavy (non-hydrogen) atoms. The Hall–Kier alpha value is -3.75. The maximum absolute atomic E-state index is 12.7. The van der Waals surface area contributed by atoms with Gasteiger partial charge >= 0.3 is 0 Å². The van der Waals surface area contributed by atoms with Crippen LogP contribution in [0.25, 0.3) is 0 Å². The lowest BCUT2D eigenvalue weighted by molar-refractivity contribution is -0.384. The molecule has 1 heterocycles. The molecule has 1 unspecified atom stereocenters. The number of carbonyl (C=O) groups excluding carboxylic acids is 3. The van der Waals surface area contributed by atoms with Crippen molar-refractivity contribution in [2.24, 2.45) is 0 Å². The molecule has 0 aliphatic carbocycles. The summed E-state index contributed by atoms with van der Waals surface area (Å²) in [6.07, 6.45) is 0.273. The number of nitro groups is 1. The van der Waals surface area contributed by atoms with Crippen LogP contribution < -0.4 is 15.0 Å². The minimum absolute atomic E-state index is 0.0626. The molecular weight excluding hydrogens is 390 g/mol. The minimum Gasteiger partial charge on any atom is -0.479 e. The minimum atomic E-state index is -0.791. The van der Waals surface area contributed by atoms with E-state index in [4.69, 9.17) is 4.74 Å². The summed E-state index contributed by atoms with van der Waals surface area (Å²) in [6, 6.07) is 10.3. The molecule has 1 N–H and O–H groups in total. The van der Waals surface area contributed by atoms with E-state index in [9.17, 15) is 24.5 Å². The van der Waals surface area contributed by atoms with E-state index in [2.05, 4.69) is 5.32 Å². The van der Waals surface area contributed by atoms with Gasteiger partial charge < -0.3 is 10.1 Å². The molecule has 0 spiro atoms. The van der Waals surface area contributed by atoms with Crippen molar-refractivity contribution in [2.45, 2.75) is 32.8 Å². The number of Topliss-reactive ketones (excluding diaryl/α,β-unsaturated/α-hetero) is 1. The number of nitrogens with one attached hydrogen (secondary N) is 1. The van der Waals surface area contributed by atoms with E-state index in [1.54, 1.807) is 25.1 Å². The third-order valence-corrected chi connectivity index (χ3v) is 4.61. The van der Waals surface area contributed by atoms with Crippen molar-refractivity contribution in [3.05, 3.63) is 58.1 Å². The molecule has 2 aromatic carbocycles. The monoisotopic (exact) mass is 411 g/mol. The molecule has 2 amide bonds. The smallest absolute Gasteiger partial charge is 0.271 e. The standard InChI is InChI=1S/C21H21N3O6/c1-3-5-18(25)14-8-9-19-17(10-14)23(21(27)13(2)30-19)12-20(26)22-15-6-4-7-16(11-15)24(28)29/h4,6-11,13H,3,5,12H2,1-2H3,(H,22,26). The molecule has 156 valence electrons. The summed E-state index contributed by atoms with van der Waals surface area (Å²) in [7, 11) is 0. The number of rotatable bonds is 7. The van der Waals surface area contributed by atoms with Gasteiger partial charge in [-0.3, -0.25) is 29.4 Å². The zero-order chi connectivity index (χ0) is 21.8. The highest BCUT2D eigenvalue weighted by molar-refractivity contribution is 6.07. The van der Waals surface area contributed by atoms with Crippen LogP contribution in [0.2, 0.25) is 0 Å². The summed E-state index contributed by atoms with van der Waals surface area (Å²) in [5, 5.41) is 13.5. The summed E-state index contributed by atoms with van der Waals surface area (Å²) in [6.45, 7) is 3.15. The first-order chi connectivity index (χ1) is 14.3. The number of ether oxygens (including phenoxy) is 1. The largest absolute Gasteiger partial charge is 0.479 e. The average Bonchev–Trinajstić information content (AvgIpc) is 2.71. The van der Waals surface area contributed by atoms with Gasteiger partial charge in [0, 0.05) is 29.8 Å². The van der Waals surface area contributed by atoms with Crippen LogP contribution in [0.1, 0.15) is 37.0 Å². The summed E-state index contributed by atoms with van der Waals surface area (Å²) in [5.74, 6) is -0.614. The Morgan fingerprint density at radius 1 is 1.23 bits per heavy atom. The van der Waals surface area contributed by atoms with Crippen molar-refractivity contribution in [1.82, 2.24) is 0 Å². The number of hydrogen-bond donors (Lipinski definition) is 1. The van der Waals surface area contributed by atoms with Gasteiger partial charge in [0.05, 0.1) is 10.6 Å². The predicted octanol–water partition coefficient (Wildman–Crippen LogP) is 3.33. The lowest BCUT2D eigenvalue weighted by Crippen LogP contribution is -2.47. The van der Waals surface area contributed by atoms with Crippen LogP contribution >= 0.6 is 0 Å². The zero-order valence-electron chi connectivity index (χ0n) is 16.6. The molecule has 3 rings (SSSR count). The SMILES string of the molecule is CCCC(=O)c1ccc2c(c1)N(CC(=O)Nc1cccc([N+](=O)[O-])c1)C(=O)C(C)O2. The van der Waals surface area contributed by atoms with Crippen LogP contribution in [0.4, 0.5) is 17.1 Å². The van der Waals surface area contributed by atoms with Crippen LogP contribution in [0, 0.1) is 10.1 Å². The van der Waals surface area contributed by atoms with Gasteiger partial charge in [0.1, 0.15) is 12.3 Å². The van der Waals surface area contributed by atoms with Gasteiger partial charge in [-0.25, -0.2) is 0 Å². The fourth-order valence-corrected chi connectivity index (χ4v) is 3.16. The second-order valence-electron chi connectivity index (χ2n) is 6.90. The summed E-state index contributed by atoms with van der Waals surface area (Å²) >= 11 is 0. The van der Waals surface area contributed by atoms with E-state index in [0.29, 0.717) is 29.8 Å². The number of amides is 2. The maximum Gasteiger partial charge on any atom is 0.271 e. The number of nitrogens with zero attached hydrogens (tertiary/aromatic N) is 2. The Labute approximate surface area is 172 Å². The van der Waals surface area contributed by atoms with Crippen molar-refractivity contribution in [3.8, 4) is 5.75 Å². The van der Waals surface area contributed by atoms with Gasteiger partial charge in [-0.1, -0.05) is 13.0 Å². The Kier molecular flexibility index (Phi) is 6.10. The highest BCUT2D eigenvalue weighted by atomic mass is 16.6. The first-order valence-electron chi connectivity index (χ1n) is 9.49. The Morgan fingerprint density at radius 3 is 2.70 bits per heavy atom. The number of hydrogen-bond acceptors (Lipinski definition) is 6. The van der Waals surface area contributed by atoms with Gasteiger partial charge in [0.2, 0.25) is 5.91 Å². The van der Waals surface area contributed by atoms with E-state index < -0.39 is 22.8 Å². The lowest BCUT2D eigenvalue weighted by atomic mass is 10.0. The predicted molar refractivity (Wildman–Crippen MR) is 110 cm³/mol. The normalized spacial score (nSPS) is 15.2. The number of fused-ring (bicyclic) bond motifs is 1. The van der Waals surface area contributed by atoms with Crippen LogP contribution in [-0.4, -0.2) is 35.2 Å². The Balaban J connectivity index is 1.84. The Bertz CT molecular complexity index is 1020. The van der Waals surface area contributed by atoms with Gasteiger partial charge in [-0.2, -0.15) is 0 Å². The van der Waals surface area contributed by atoms with Crippen molar-refractivity contribution in [2.75, 3.05) is 16.8 Å². The number of benzene rings is 2. The van der Waals surface area contributed by atoms with Crippen molar-refractivity contribution < 1.29 is 24.0 Å². The van der Waals surface area contributed by atoms with Gasteiger partial charge in [-0.15, -0.1) is 0 Å². The van der Waals surface area contributed by atoms with Crippen LogP contribution in [-0.2, 0) is 9.59 Å². The van der Waals surface area contributed by atoms with Crippen LogP contribution in [0.15, 0.2) is 42.5 Å². The van der Waals surface area contributed by atoms with Crippen molar-refractivity contribution in [3.63, 3.8) is 0 Å². The number of non-ortho nitro benzene ring substituents is 1. The highest BCUT2D eigenvalue weighted by Gasteiger charge is 2.33. The van der Waals surface area contributed by atoms with E-state index in [0.717, 1.165) is 0 Å². The van der Waals surface area contributed by atoms with E-state index in [1.807, 2.05) is 6.92 Å². The molecule has 1 atom stereocenters. The first-order valence-corrected chi connectivity index (χ1v) is 9.49. The molecule has 9 heteroatoms. The molecule has 0 saturated carbocycles. The molecule has 0 bridgehead atoms. The molecule has 1 aliphatic heterocycles. The van der Waals surface area contributed by atoms with E-state index >= 15 is 0 Å². The third-order valence-electron chi connectivity index (χ3n) is 4.61. The average molecular weight is 411 g/mol. The number of anilines is 2. The summed E-state index contributed by atoms with van der Waals surface area (Å²) < 4.78 is 5.60. The van der Waals surface area contributed by atoms with Crippen LogP contribution in [0.5, 0.6) is 5.75 Å². The third kappa shape index (κ3) is 4.45. The fraction of sp³-hybridized carbons (Fsp3) is 0.286. The highest BCUT2D eigenvalue weighted by Crippen LogP contribution is 2.35. The first kappa shape index (κ1) is 21.0. The van der Waals surface area contributed by atoms with Crippen LogP contribution in [0.3, 0.4) is 0 Å². The van der Waals surface area contributed by atoms with Gasteiger partial charge in [0.25, 0.3) is 11.6 Å². The zero-order valence-corrected chi connectivity index (χ0v) is 16.6. The molecule has 0 saturated heterocycles. The number of carbonyl (C=O) groups is 3. The quantitative estimate of drug-likeness (QED) is 0.424. The summed E-state index contributed by atoms with van der Waals surface area (Å²) in [5.41, 5.74) is 0.864. The van der Waals surface area contributed by atoms with E-state index in [-0.39, 0.29) is 23.7 Å². The summed E-state index contributed by atoms with van der Waals surface area (Å²) in [4.78, 5) is 49.1. The number of nitro benzene ring substituents is 1. The molecule has 2 aromatic rings. The molecule has 0 radical (unpaired) electrons. The lowest BCUT2D eigenvalue weighted by Gasteiger charge is -2.32. The molecule has 1 aliphatic rings. The fourth-order valence-electron chi connectivity index (χ4n) is 3.16. The van der Waals surface area contributed by atoms with Crippen molar-refractivity contribution in [1.29, 1.82) is 0 Å². The van der Waals surface area contributed by atoms with Crippen molar-refractivity contribution >= 4 is 34.7 Å². The maximum atomic E-state index is 12.7. The molecule has 0 aromatic heterocycles. The van der Waals surface area contributed by atoms with Gasteiger partial charge in [-0.05, 0) is 37.6 Å². The molecule has 9 nitrogen and oxygen atoms in total. The topological polar surface area (TPSA) is 119 Å². The number of ketones is 1. The second kappa shape index (κ2) is 8.73. The Morgan fingerprint density at radius 2 is 2.00 bits per heavy atom. The second-order valence-corrected chi connectivity index (χ2v) is 6.90. The molecular formula is C21H21N3O6. The van der Waals surface area contributed by atoms with E-state index in [1.165, 1.54) is 29.2 Å².